The molecular formula is C15H23BrN2O. The first-order chi connectivity index (χ1) is 8.95. The minimum atomic E-state index is 0.140. The second kappa shape index (κ2) is 5.81. The minimum absolute atomic E-state index is 0.140. The summed E-state index contributed by atoms with van der Waals surface area (Å²) in [5, 5.41) is 9.31. The maximum absolute atomic E-state index is 9.31. The highest BCUT2D eigenvalue weighted by atomic mass is 79.9. The van der Waals surface area contributed by atoms with Gasteiger partial charge in [-0.3, -0.25) is 4.90 Å². The highest BCUT2D eigenvalue weighted by molar-refractivity contribution is 9.10. The Morgan fingerprint density at radius 3 is 2.68 bits per heavy atom. The van der Waals surface area contributed by atoms with E-state index in [4.69, 9.17) is 0 Å². The number of rotatable bonds is 3. The average Bonchev–Trinajstić information content (AvgIpc) is 2.35. The van der Waals surface area contributed by atoms with Gasteiger partial charge < -0.3 is 10.0 Å². The Labute approximate surface area is 124 Å². The summed E-state index contributed by atoms with van der Waals surface area (Å²) in [7, 11) is 2.17. The molecule has 4 heteroatoms. The lowest BCUT2D eigenvalue weighted by atomic mass is 9.94. The van der Waals surface area contributed by atoms with E-state index in [9.17, 15) is 5.11 Å². The highest BCUT2D eigenvalue weighted by Crippen LogP contribution is 2.33. The third-order valence-corrected chi connectivity index (χ3v) is 4.81. The van der Waals surface area contributed by atoms with Crippen molar-refractivity contribution in [3.8, 4) is 0 Å². The molecule has 1 saturated heterocycles. The van der Waals surface area contributed by atoms with E-state index in [-0.39, 0.29) is 12.1 Å². The molecule has 0 spiro atoms. The fourth-order valence-electron chi connectivity index (χ4n) is 2.69. The van der Waals surface area contributed by atoms with Crippen LogP contribution in [0.25, 0.3) is 0 Å². The molecule has 0 aromatic heterocycles. The molecule has 3 nitrogen and oxygen atoms in total. The van der Waals surface area contributed by atoms with Crippen LogP contribution in [0.2, 0.25) is 0 Å². The van der Waals surface area contributed by atoms with Crippen LogP contribution >= 0.6 is 15.9 Å². The first kappa shape index (κ1) is 14.8. The molecule has 1 fully saturated rings. The summed E-state index contributed by atoms with van der Waals surface area (Å²) in [4.78, 5) is 4.82. The largest absolute Gasteiger partial charge is 0.396 e. The quantitative estimate of drug-likeness (QED) is 0.925. The van der Waals surface area contributed by atoms with E-state index in [1.54, 1.807) is 0 Å². The third-order valence-electron chi connectivity index (χ3n) is 4.14. The lowest BCUT2D eigenvalue weighted by molar-refractivity contribution is 0.105. The first-order valence-electron chi connectivity index (χ1n) is 6.79. The Hall–Kier alpha value is -0.580. The van der Waals surface area contributed by atoms with Gasteiger partial charge in [0.15, 0.2) is 0 Å². The van der Waals surface area contributed by atoms with Gasteiger partial charge in [0.1, 0.15) is 0 Å². The number of aliphatic hydroxyl groups excluding tert-OH is 1. The summed E-state index contributed by atoms with van der Waals surface area (Å²) in [6, 6.07) is 8.70. The zero-order chi connectivity index (χ0) is 14.0. The van der Waals surface area contributed by atoms with E-state index in [2.05, 4.69) is 64.8 Å². The predicted octanol–water partition coefficient (Wildman–Crippen LogP) is 2.73. The predicted molar refractivity (Wildman–Crippen MR) is 83.7 cm³/mol. The first-order valence-corrected chi connectivity index (χ1v) is 7.58. The summed E-state index contributed by atoms with van der Waals surface area (Å²) in [5.41, 5.74) is 1.36. The third kappa shape index (κ3) is 3.12. The van der Waals surface area contributed by atoms with Crippen LogP contribution in [0, 0.1) is 0 Å². The SMILES string of the molecule is CN1CC(CCO)N(c2ccccc2Br)CC1(C)C. The number of likely N-dealkylation sites (N-methyl/N-ethyl adjacent to an activating group) is 1. The number of halogens is 1. The smallest absolute Gasteiger partial charge is 0.0514 e. The zero-order valence-electron chi connectivity index (χ0n) is 11.9. The summed E-state index contributed by atoms with van der Waals surface area (Å²) in [6.45, 7) is 6.73. The molecule has 1 heterocycles. The molecule has 1 atom stereocenters. The zero-order valence-corrected chi connectivity index (χ0v) is 13.5. The van der Waals surface area contributed by atoms with Gasteiger partial charge in [-0.05, 0) is 55.4 Å². The highest BCUT2D eigenvalue weighted by Gasteiger charge is 2.37. The number of hydrogen-bond donors (Lipinski definition) is 1. The van der Waals surface area contributed by atoms with Crippen molar-refractivity contribution >= 4 is 21.6 Å². The average molecular weight is 327 g/mol. The number of anilines is 1. The van der Waals surface area contributed by atoms with Crippen LogP contribution in [0.3, 0.4) is 0 Å². The fraction of sp³-hybridized carbons (Fsp3) is 0.600. The van der Waals surface area contributed by atoms with Gasteiger partial charge in [0.25, 0.3) is 0 Å². The van der Waals surface area contributed by atoms with Gasteiger partial charge in [-0.2, -0.15) is 0 Å². The van der Waals surface area contributed by atoms with Crippen LogP contribution in [0.5, 0.6) is 0 Å². The van der Waals surface area contributed by atoms with Crippen molar-refractivity contribution in [1.29, 1.82) is 0 Å². The second-order valence-corrected chi connectivity index (χ2v) is 6.79. The molecule has 0 amide bonds. The van der Waals surface area contributed by atoms with Gasteiger partial charge in [0.2, 0.25) is 0 Å². The van der Waals surface area contributed by atoms with Crippen molar-refractivity contribution in [3.63, 3.8) is 0 Å². The van der Waals surface area contributed by atoms with Gasteiger partial charge in [-0.1, -0.05) is 12.1 Å². The Kier molecular flexibility index (Phi) is 4.54. The Balaban J connectivity index is 2.31. The molecule has 0 saturated carbocycles. The van der Waals surface area contributed by atoms with Crippen molar-refractivity contribution in [2.75, 3.05) is 31.6 Å². The van der Waals surface area contributed by atoms with Crippen LogP contribution in [0.15, 0.2) is 28.7 Å². The van der Waals surface area contributed by atoms with E-state index in [1.165, 1.54) is 5.69 Å². The molecule has 1 aromatic rings. The monoisotopic (exact) mass is 326 g/mol. The maximum Gasteiger partial charge on any atom is 0.0514 e. The molecule has 1 N–H and O–H groups in total. The van der Waals surface area contributed by atoms with E-state index >= 15 is 0 Å². The molecule has 19 heavy (non-hydrogen) atoms. The molecule has 1 aliphatic rings. The number of hydrogen-bond acceptors (Lipinski definition) is 3. The van der Waals surface area contributed by atoms with E-state index in [0.29, 0.717) is 6.04 Å². The van der Waals surface area contributed by atoms with E-state index in [1.807, 2.05) is 6.07 Å². The summed E-state index contributed by atoms with van der Waals surface area (Å²) >= 11 is 3.65. The Morgan fingerprint density at radius 2 is 2.05 bits per heavy atom. The van der Waals surface area contributed by atoms with Crippen molar-refractivity contribution < 1.29 is 5.11 Å². The summed E-state index contributed by atoms with van der Waals surface area (Å²) < 4.78 is 1.12. The molecule has 0 bridgehead atoms. The topological polar surface area (TPSA) is 26.7 Å². The van der Waals surface area contributed by atoms with Crippen molar-refractivity contribution in [1.82, 2.24) is 4.90 Å². The maximum atomic E-state index is 9.31. The van der Waals surface area contributed by atoms with Crippen LogP contribution in [0.4, 0.5) is 5.69 Å². The summed E-state index contributed by atoms with van der Waals surface area (Å²) in [5.74, 6) is 0. The number of benzene rings is 1. The van der Waals surface area contributed by atoms with Gasteiger partial charge in [0.05, 0.1) is 5.69 Å². The number of para-hydroxylation sites is 1. The van der Waals surface area contributed by atoms with Crippen molar-refractivity contribution in [3.05, 3.63) is 28.7 Å². The molecular weight excluding hydrogens is 304 g/mol. The van der Waals surface area contributed by atoms with Crippen molar-refractivity contribution in [2.45, 2.75) is 31.8 Å². The molecule has 2 rings (SSSR count). The second-order valence-electron chi connectivity index (χ2n) is 5.94. The Morgan fingerprint density at radius 1 is 1.37 bits per heavy atom. The molecule has 1 aliphatic heterocycles. The van der Waals surface area contributed by atoms with Gasteiger partial charge in [-0.25, -0.2) is 0 Å². The van der Waals surface area contributed by atoms with Gasteiger partial charge in [-0.15, -0.1) is 0 Å². The number of piperazine rings is 1. The molecule has 0 radical (unpaired) electrons. The molecule has 0 aliphatic carbocycles. The van der Waals surface area contributed by atoms with Crippen LogP contribution in [-0.2, 0) is 0 Å². The van der Waals surface area contributed by atoms with Crippen LogP contribution in [0.1, 0.15) is 20.3 Å². The van der Waals surface area contributed by atoms with Crippen molar-refractivity contribution in [2.24, 2.45) is 0 Å². The van der Waals surface area contributed by atoms with Crippen LogP contribution < -0.4 is 4.90 Å². The lowest BCUT2D eigenvalue weighted by Gasteiger charge is -2.51. The lowest BCUT2D eigenvalue weighted by Crippen LogP contribution is -2.62. The molecule has 106 valence electrons. The summed E-state index contributed by atoms with van der Waals surface area (Å²) in [6.07, 6.45) is 0.807. The minimum Gasteiger partial charge on any atom is -0.396 e. The molecule has 1 unspecified atom stereocenters. The van der Waals surface area contributed by atoms with E-state index < -0.39 is 0 Å². The van der Waals surface area contributed by atoms with Gasteiger partial charge in [0, 0.05) is 35.7 Å². The normalized spacial score (nSPS) is 23.6. The number of aliphatic hydroxyl groups is 1. The number of nitrogens with zero attached hydrogens (tertiary/aromatic N) is 2. The standard InChI is InChI=1S/C15H23BrN2O/c1-15(2)11-18(12(8-9-19)10-17(15)3)14-7-5-4-6-13(14)16/h4-7,12,19H,8-11H2,1-3H3. The van der Waals surface area contributed by atoms with E-state index in [0.717, 1.165) is 24.0 Å². The Bertz CT molecular complexity index is 436. The van der Waals surface area contributed by atoms with Crippen LogP contribution in [-0.4, -0.2) is 48.3 Å². The molecule has 1 aromatic carbocycles. The fourth-order valence-corrected chi connectivity index (χ4v) is 3.20. The van der Waals surface area contributed by atoms with Gasteiger partial charge >= 0.3 is 0 Å².